The second-order valence-electron chi connectivity index (χ2n) is 2.62. The Morgan fingerprint density at radius 1 is 1.47 bits per heavy atom. The topological polar surface area (TPSA) is 57.9 Å². The molecule has 0 fully saturated rings. The highest BCUT2D eigenvalue weighted by molar-refractivity contribution is 8.13. The maximum absolute atomic E-state index is 13.2. The highest BCUT2D eigenvalue weighted by Crippen LogP contribution is 2.23. The van der Waals surface area contributed by atoms with Crippen molar-refractivity contribution in [1.29, 1.82) is 5.26 Å². The van der Waals surface area contributed by atoms with Gasteiger partial charge in [-0.05, 0) is 17.7 Å². The van der Waals surface area contributed by atoms with Crippen LogP contribution in [0.25, 0.3) is 0 Å². The summed E-state index contributed by atoms with van der Waals surface area (Å²) < 4.78 is 35.0. The predicted molar refractivity (Wildman–Crippen MR) is 53.7 cm³/mol. The standard InChI is InChI=1S/C8H4Cl2FNO2S/c9-3-5-2-8(15(10,13)14)7(11)1-6(5)4-12/h1-2H,3H2. The zero-order chi connectivity index (χ0) is 11.6. The van der Waals surface area contributed by atoms with E-state index in [1.54, 1.807) is 6.07 Å². The Bertz CT molecular complexity index is 536. The van der Waals surface area contributed by atoms with E-state index >= 15 is 0 Å². The Hall–Kier alpha value is -0.830. The summed E-state index contributed by atoms with van der Waals surface area (Å²) in [5.41, 5.74) is 0.214. The second-order valence-corrected chi connectivity index (χ2v) is 5.42. The third kappa shape index (κ3) is 2.59. The number of benzene rings is 1. The Morgan fingerprint density at radius 3 is 2.47 bits per heavy atom. The molecule has 0 heterocycles. The first-order chi connectivity index (χ1) is 6.90. The number of halogens is 3. The Morgan fingerprint density at radius 2 is 2.07 bits per heavy atom. The lowest BCUT2D eigenvalue weighted by molar-refractivity contribution is 0.574. The molecule has 1 aromatic rings. The van der Waals surface area contributed by atoms with Crippen LogP contribution in [0, 0.1) is 17.1 Å². The molecule has 0 aromatic heterocycles. The van der Waals surface area contributed by atoms with Gasteiger partial charge >= 0.3 is 0 Å². The van der Waals surface area contributed by atoms with Crippen molar-refractivity contribution >= 4 is 31.3 Å². The van der Waals surface area contributed by atoms with E-state index in [9.17, 15) is 12.8 Å². The lowest BCUT2D eigenvalue weighted by Crippen LogP contribution is -1.99. The van der Waals surface area contributed by atoms with Crippen molar-refractivity contribution in [3.63, 3.8) is 0 Å². The van der Waals surface area contributed by atoms with Crippen molar-refractivity contribution in [2.75, 3.05) is 0 Å². The summed E-state index contributed by atoms with van der Waals surface area (Å²) in [5, 5.41) is 8.61. The minimum Gasteiger partial charge on any atom is -0.207 e. The van der Waals surface area contributed by atoms with Gasteiger partial charge in [-0.25, -0.2) is 12.8 Å². The van der Waals surface area contributed by atoms with Gasteiger partial charge in [0, 0.05) is 16.6 Å². The molecule has 0 spiro atoms. The molecule has 1 aromatic carbocycles. The maximum atomic E-state index is 13.2. The van der Waals surface area contributed by atoms with Crippen LogP contribution in [0.3, 0.4) is 0 Å². The van der Waals surface area contributed by atoms with Gasteiger partial charge in [-0.15, -0.1) is 11.6 Å². The molecule has 1 rings (SSSR count). The zero-order valence-electron chi connectivity index (χ0n) is 7.17. The van der Waals surface area contributed by atoms with Gasteiger partial charge in [-0.2, -0.15) is 5.26 Å². The highest BCUT2D eigenvalue weighted by Gasteiger charge is 2.18. The fraction of sp³-hybridized carbons (Fsp3) is 0.125. The fourth-order valence-corrected chi connectivity index (χ4v) is 2.15. The van der Waals surface area contributed by atoms with Gasteiger partial charge in [0.15, 0.2) is 0 Å². The summed E-state index contributed by atoms with van der Waals surface area (Å²) in [6.45, 7) is 0. The van der Waals surface area contributed by atoms with E-state index in [4.69, 9.17) is 27.5 Å². The normalized spacial score (nSPS) is 11.1. The molecule has 0 saturated heterocycles. The van der Waals surface area contributed by atoms with Crippen LogP contribution in [0.5, 0.6) is 0 Å². The van der Waals surface area contributed by atoms with Crippen LogP contribution in [-0.2, 0) is 14.9 Å². The monoisotopic (exact) mass is 267 g/mol. The van der Waals surface area contributed by atoms with Crippen molar-refractivity contribution in [3.8, 4) is 6.07 Å². The van der Waals surface area contributed by atoms with Gasteiger partial charge in [0.1, 0.15) is 10.7 Å². The van der Waals surface area contributed by atoms with E-state index in [0.717, 1.165) is 12.1 Å². The van der Waals surface area contributed by atoms with Crippen molar-refractivity contribution in [2.24, 2.45) is 0 Å². The summed E-state index contributed by atoms with van der Waals surface area (Å²) in [5.74, 6) is -1.15. The van der Waals surface area contributed by atoms with Gasteiger partial charge in [0.2, 0.25) is 0 Å². The van der Waals surface area contributed by atoms with E-state index in [1.807, 2.05) is 0 Å². The van der Waals surface area contributed by atoms with E-state index in [-0.39, 0.29) is 17.0 Å². The van der Waals surface area contributed by atoms with Crippen molar-refractivity contribution in [3.05, 3.63) is 29.1 Å². The number of hydrogen-bond donors (Lipinski definition) is 0. The first kappa shape index (κ1) is 12.2. The molecule has 80 valence electrons. The summed E-state index contributed by atoms with van der Waals surface area (Å²) in [4.78, 5) is -0.668. The average molecular weight is 268 g/mol. The Labute approximate surface area is 95.5 Å². The largest absolute Gasteiger partial charge is 0.264 e. The predicted octanol–water partition coefficient (Wildman–Crippen LogP) is 2.36. The number of nitrogens with zero attached hydrogens (tertiary/aromatic N) is 1. The number of alkyl halides is 1. The van der Waals surface area contributed by atoms with Crippen molar-refractivity contribution < 1.29 is 12.8 Å². The first-order valence-corrected chi connectivity index (χ1v) is 6.47. The molecule has 0 radical (unpaired) electrons. The molecule has 0 aliphatic heterocycles. The van der Waals surface area contributed by atoms with Gasteiger partial charge < -0.3 is 0 Å². The third-order valence-electron chi connectivity index (χ3n) is 1.68. The van der Waals surface area contributed by atoms with Gasteiger partial charge in [-0.1, -0.05) is 0 Å². The molecule has 0 aliphatic carbocycles. The lowest BCUT2D eigenvalue weighted by Gasteiger charge is -2.03. The molecule has 0 bridgehead atoms. The SMILES string of the molecule is N#Cc1cc(F)c(S(=O)(=O)Cl)cc1CCl. The van der Waals surface area contributed by atoms with Crippen LogP contribution in [0.2, 0.25) is 0 Å². The van der Waals surface area contributed by atoms with Crippen LogP contribution in [0.15, 0.2) is 17.0 Å². The van der Waals surface area contributed by atoms with Gasteiger partial charge in [-0.3, -0.25) is 0 Å². The van der Waals surface area contributed by atoms with Crippen LogP contribution in [0.4, 0.5) is 4.39 Å². The van der Waals surface area contributed by atoms with Crippen molar-refractivity contribution in [2.45, 2.75) is 10.8 Å². The fourth-order valence-electron chi connectivity index (χ4n) is 0.997. The quantitative estimate of drug-likeness (QED) is 0.611. The van der Waals surface area contributed by atoms with Crippen LogP contribution in [0.1, 0.15) is 11.1 Å². The molecule has 3 nitrogen and oxygen atoms in total. The summed E-state index contributed by atoms with van der Waals surface area (Å²) in [6.07, 6.45) is 0. The molecule has 0 unspecified atom stereocenters. The van der Waals surface area contributed by atoms with Crippen LogP contribution < -0.4 is 0 Å². The lowest BCUT2D eigenvalue weighted by atomic mass is 10.1. The highest BCUT2D eigenvalue weighted by atomic mass is 35.7. The summed E-state index contributed by atoms with van der Waals surface area (Å²) >= 11 is 5.47. The summed E-state index contributed by atoms with van der Waals surface area (Å²) in [6, 6.07) is 3.46. The molecule has 15 heavy (non-hydrogen) atoms. The van der Waals surface area contributed by atoms with E-state index in [1.165, 1.54) is 0 Å². The van der Waals surface area contributed by atoms with E-state index in [2.05, 4.69) is 0 Å². The smallest absolute Gasteiger partial charge is 0.207 e. The zero-order valence-corrected chi connectivity index (χ0v) is 9.50. The van der Waals surface area contributed by atoms with E-state index < -0.39 is 19.8 Å². The molecule has 0 aliphatic rings. The number of hydrogen-bond acceptors (Lipinski definition) is 3. The average Bonchev–Trinajstić information content (AvgIpc) is 2.15. The first-order valence-electron chi connectivity index (χ1n) is 3.63. The van der Waals surface area contributed by atoms with Gasteiger partial charge in [0.25, 0.3) is 9.05 Å². The molecular formula is C8H4Cl2FNO2S. The molecule has 7 heteroatoms. The minimum atomic E-state index is -4.16. The maximum Gasteiger partial charge on any atom is 0.264 e. The molecule has 0 atom stereocenters. The molecule has 0 amide bonds. The van der Waals surface area contributed by atoms with Crippen LogP contribution in [-0.4, -0.2) is 8.42 Å². The molecule has 0 saturated carbocycles. The summed E-state index contributed by atoms with van der Waals surface area (Å²) in [7, 11) is 0.833. The minimum absolute atomic E-state index is 0.00781. The van der Waals surface area contributed by atoms with Crippen LogP contribution >= 0.6 is 22.3 Å². The number of nitriles is 1. The van der Waals surface area contributed by atoms with E-state index in [0.29, 0.717) is 0 Å². The second kappa shape index (κ2) is 4.35. The Kier molecular flexibility index (Phi) is 3.55. The third-order valence-corrected chi connectivity index (χ3v) is 3.31. The molecule has 0 N–H and O–H groups in total. The molecular weight excluding hydrogens is 264 g/mol. The van der Waals surface area contributed by atoms with Crippen molar-refractivity contribution in [1.82, 2.24) is 0 Å². The van der Waals surface area contributed by atoms with Gasteiger partial charge in [0.05, 0.1) is 11.6 Å². The number of rotatable bonds is 2. The Balaban J connectivity index is 3.55.